The quantitative estimate of drug-likeness (QED) is 0.669. The Morgan fingerprint density at radius 3 is 2.52 bits per heavy atom. The summed E-state index contributed by atoms with van der Waals surface area (Å²) in [5.41, 5.74) is 2.98. The maximum absolute atomic E-state index is 12.6. The van der Waals surface area contributed by atoms with Crippen molar-refractivity contribution in [3.63, 3.8) is 0 Å². The number of rotatable bonds is 1. The molecule has 1 aromatic carbocycles. The van der Waals surface area contributed by atoms with Crippen LogP contribution in [-0.4, -0.2) is 11.2 Å². The van der Waals surface area contributed by atoms with E-state index in [1.165, 1.54) is 0 Å². The van der Waals surface area contributed by atoms with Crippen LogP contribution in [-0.2, 0) is 0 Å². The molecule has 1 nitrogen and oxygen atoms in total. The Kier molecular flexibility index (Phi) is 3.74. The second-order valence-electron chi connectivity index (χ2n) is 5.57. The van der Waals surface area contributed by atoms with Gasteiger partial charge in [0.2, 0.25) is 0 Å². The molecule has 0 spiro atoms. The number of hydrogen-bond acceptors (Lipinski definition) is 0. The fourth-order valence-corrected chi connectivity index (χ4v) is 3.06. The van der Waals surface area contributed by atoms with Gasteiger partial charge in [-0.15, -0.1) is 0 Å². The SMILES string of the molecule is FC(F)(F)C1CCC(=Cc2cc3cc(Cl)ccc3[nH]2)CC1. The maximum atomic E-state index is 12.6. The van der Waals surface area contributed by atoms with Crippen molar-refractivity contribution in [1.82, 2.24) is 4.98 Å². The number of allylic oxidation sites excluding steroid dienone is 1. The van der Waals surface area contributed by atoms with E-state index in [9.17, 15) is 13.2 Å². The average Bonchev–Trinajstić information content (AvgIpc) is 2.79. The highest BCUT2D eigenvalue weighted by atomic mass is 35.5. The molecule has 1 heterocycles. The van der Waals surface area contributed by atoms with Crippen molar-refractivity contribution in [2.75, 3.05) is 0 Å². The Bertz CT molecular complexity index is 674. The number of aromatic nitrogens is 1. The number of nitrogens with one attached hydrogen (secondary N) is 1. The monoisotopic (exact) mass is 313 g/mol. The van der Waals surface area contributed by atoms with Gasteiger partial charge in [0.05, 0.1) is 5.92 Å². The molecule has 112 valence electrons. The lowest BCUT2D eigenvalue weighted by molar-refractivity contribution is -0.179. The predicted molar refractivity (Wildman–Crippen MR) is 79.3 cm³/mol. The Labute approximate surface area is 125 Å². The molecule has 1 aromatic heterocycles. The van der Waals surface area contributed by atoms with Crippen molar-refractivity contribution in [3.8, 4) is 0 Å². The van der Waals surface area contributed by atoms with Crippen LogP contribution >= 0.6 is 11.6 Å². The summed E-state index contributed by atoms with van der Waals surface area (Å²) >= 11 is 5.94. The van der Waals surface area contributed by atoms with E-state index in [4.69, 9.17) is 11.6 Å². The van der Waals surface area contributed by atoms with E-state index in [0.717, 1.165) is 22.2 Å². The molecule has 1 N–H and O–H groups in total. The van der Waals surface area contributed by atoms with Crippen molar-refractivity contribution in [3.05, 3.63) is 40.6 Å². The van der Waals surface area contributed by atoms with E-state index in [0.29, 0.717) is 17.9 Å². The molecule has 0 amide bonds. The summed E-state index contributed by atoms with van der Waals surface area (Å²) in [5, 5.41) is 1.68. The third-order valence-electron chi connectivity index (χ3n) is 4.05. The van der Waals surface area contributed by atoms with Gasteiger partial charge in [-0.05, 0) is 56.0 Å². The van der Waals surface area contributed by atoms with E-state index >= 15 is 0 Å². The number of alkyl halides is 3. The fraction of sp³-hybridized carbons (Fsp3) is 0.375. The predicted octanol–water partition coefficient (Wildman–Crippen LogP) is 5.96. The van der Waals surface area contributed by atoms with Crippen molar-refractivity contribution >= 4 is 28.6 Å². The second kappa shape index (κ2) is 5.41. The Morgan fingerprint density at radius 2 is 1.86 bits per heavy atom. The molecule has 0 saturated heterocycles. The molecule has 2 aromatic rings. The first kappa shape index (κ1) is 14.5. The van der Waals surface area contributed by atoms with Crippen LogP contribution in [0.1, 0.15) is 31.4 Å². The van der Waals surface area contributed by atoms with Gasteiger partial charge in [0, 0.05) is 21.6 Å². The topological polar surface area (TPSA) is 15.8 Å². The van der Waals surface area contributed by atoms with E-state index in [1.54, 1.807) is 0 Å². The van der Waals surface area contributed by atoms with Gasteiger partial charge in [0.15, 0.2) is 0 Å². The zero-order valence-electron chi connectivity index (χ0n) is 11.3. The van der Waals surface area contributed by atoms with Gasteiger partial charge in [-0.1, -0.05) is 17.2 Å². The van der Waals surface area contributed by atoms with E-state index in [2.05, 4.69) is 4.98 Å². The molecule has 5 heteroatoms. The summed E-state index contributed by atoms with van der Waals surface area (Å²) in [4.78, 5) is 3.25. The van der Waals surface area contributed by atoms with Crippen molar-refractivity contribution < 1.29 is 13.2 Å². The van der Waals surface area contributed by atoms with Gasteiger partial charge in [-0.3, -0.25) is 0 Å². The number of fused-ring (bicyclic) bond motifs is 1. The maximum Gasteiger partial charge on any atom is 0.391 e. The lowest BCUT2D eigenvalue weighted by Gasteiger charge is -2.25. The van der Waals surface area contributed by atoms with Crippen LogP contribution in [0.2, 0.25) is 5.02 Å². The van der Waals surface area contributed by atoms with E-state index < -0.39 is 12.1 Å². The lowest BCUT2D eigenvalue weighted by atomic mass is 9.85. The Morgan fingerprint density at radius 1 is 1.14 bits per heavy atom. The van der Waals surface area contributed by atoms with Gasteiger partial charge in [-0.2, -0.15) is 13.2 Å². The van der Waals surface area contributed by atoms with Gasteiger partial charge in [0.25, 0.3) is 0 Å². The molecule has 0 atom stereocenters. The normalized spacial score (nSPS) is 20.0. The highest BCUT2D eigenvalue weighted by molar-refractivity contribution is 6.31. The van der Waals surface area contributed by atoms with Gasteiger partial charge < -0.3 is 4.98 Å². The lowest BCUT2D eigenvalue weighted by Crippen LogP contribution is -2.25. The van der Waals surface area contributed by atoms with Crippen LogP contribution in [0.15, 0.2) is 29.8 Å². The molecule has 0 bridgehead atoms. The van der Waals surface area contributed by atoms with Crippen LogP contribution in [0, 0.1) is 5.92 Å². The minimum Gasteiger partial charge on any atom is -0.355 e. The Hall–Kier alpha value is -1.42. The first-order valence-corrected chi connectivity index (χ1v) is 7.34. The van der Waals surface area contributed by atoms with Crippen LogP contribution in [0.4, 0.5) is 13.2 Å². The number of benzene rings is 1. The highest BCUT2D eigenvalue weighted by Gasteiger charge is 2.40. The summed E-state index contributed by atoms with van der Waals surface area (Å²) in [7, 11) is 0. The summed E-state index contributed by atoms with van der Waals surface area (Å²) in [6.07, 6.45) is -0.659. The third-order valence-corrected chi connectivity index (χ3v) is 4.29. The third kappa shape index (κ3) is 3.26. The molecule has 1 saturated carbocycles. The molecule has 1 aliphatic rings. The van der Waals surface area contributed by atoms with Gasteiger partial charge in [-0.25, -0.2) is 0 Å². The molecule has 0 radical (unpaired) electrons. The second-order valence-corrected chi connectivity index (χ2v) is 6.01. The summed E-state index contributed by atoms with van der Waals surface area (Å²) in [5.74, 6) is -1.14. The molecule has 0 unspecified atom stereocenters. The number of halogens is 4. The van der Waals surface area contributed by atoms with Gasteiger partial charge in [0.1, 0.15) is 0 Å². The Balaban J connectivity index is 1.76. The van der Waals surface area contributed by atoms with Crippen LogP contribution < -0.4 is 0 Å². The molecule has 1 aliphatic carbocycles. The van der Waals surface area contributed by atoms with Crippen molar-refractivity contribution in [1.29, 1.82) is 0 Å². The first-order valence-electron chi connectivity index (χ1n) is 6.96. The summed E-state index contributed by atoms with van der Waals surface area (Å²) in [6, 6.07) is 7.56. The van der Waals surface area contributed by atoms with Crippen LogP contribution in [0.3, 0.4) is 0 Å². The molecular weight excluding hydrogens is 299 g/mol. The summed E-state index contributed by atoms with van der Waals surface area (Å²) < 4.78 is 37.9. The molecular formula is C16H15ClF3N. The zero-order valence-corrected chi connectivity index (χ0v) is 12.1. The molecule has 1 fully saturated rings. The highest BCUT2D eigenvalue weighted by Crippen LogP contribution is 2.39. The zero-order chi connectivity index (χ0) is 15.0. The number of aromatic amines is 1. The average molecular weight is 314 g/mol. The number of hydrogen-bond donors (Lipinski definition) is 1. The standard InChI is InChI=1S/C16H15ClF3N/c17-13-5-6-15-11(8-13)9-14(21-15)7-10-1-3-12(4-2-10)16(18,19)20/h5-9,12,21H,1-4H2. The van der Waals surface area contributed by atoms with Crippen molar-refractivity contribution in [2.24, 2.45) is 5.92 Å². The molecule has 0 aliphatic heterocycles. The fourth-order valence-electron chi connectivity index (χ4n) is 2.88. The van der Waals surface area contributed by atoms with Gasteiger partial charge >= 0.3 is 6.18 Å². The molecule has 3 rings (SSSR count). The summed E-state index contributed by atoms with van der Waals surface area (Å²) in [6.45, 7) is 0. The van der Waals surface area contributed by atoms with Crippen LogP contribution in [0.25, 0.3) is 17.0 Å². The molecule has 21 heavy (non-hydrogen) atoms. The van der Waals surface area contributed by atoms with Crippen molar-refractivity contribution in [2.45, 2.75) is 31.9 Å². The first-order chi connectivity index (χ1) is 9.91. The van der Waals surface area contributed by atoms with Crippen LogP contribution in [0.5, 0.6) is 0 Å². The minimum absolute atomic E-state index is 0.196. The smallest absolute Gasteiger partial charge is 0.355 e. The minimum atomic E-state index is -4.05. The van der Waals surface area contributed by atoms with E-state index in [-0.39, 0.29) is 12.8 Å². The van der Waals surface area contributed by atoms with E-state index in [1.807, 2.05) is 30.3 Å². The largest absolute Gasteiger partial charge is 0.391 e. The number of H-pyrrole nitrogens is 1.